The van der Waals surface area contributed by atoms with Gasteiger partial charge in [0, 0.05) is 0 Å². The summed E-state index contributed by atoms with van der Waals surface area (Å²) in [7, 11) is 2.88. The Kier molecular flexibility index (Phi) is 4.93. The van der Waals surface area contributed by atoms with Crippen LogP contribution in [0.25, 0.3) is 0 Å². The average molecular weight is 284 g/mol. The number of ether oxygens (including phenoxy) is 2. The van der Waals surface area contributed by atoms with Gasteiger partial charge in [-0.1, -0.05) is 18.2 Å². The van der Waals surface area contributed by atoms with Crippen LogP contribution in [0.2, 0.25) is 0 Å². The number of rotatable bonds is 5. The van der Waals surface area contributed by atoms with Crippen molar-refractivity contribution in [2.45, 2.75) is 0 Å². The van der Waals surface area contributed by atoms with Gasteiger partial charge in [-0.2, -0.15) is 5.10 Å². The lowest BCUT2D eigenvalue weighted by atomic mass is 10.1. The van der Waals surface area contributed by atoms with Gasteiger partial charge in [0.2, 0.25) is 0 Å². The Balaban J connectivity index is 2.17. The Bertz CT molecular complexity index is 639. The number of nitrogens with one attached hydrogen (secondary N) is 1. The van der Waals surface area contributed by atoms with E-state index in [0.29, 0.717) is 11.3 Å². The molecule has 0 bridgehead atoms. The number of benzene rings is 2. The fourth-order valence-corrected chi connectivity index (χ4v) is 1.74. The summed E-state index contributed by atoms with van der Waals surface area (Å²) in [6, 6.07) is 14.7. The molecular formula is C16H16N2O3. The molecule has 2 rings (SSSR count). The molecular weight excluding hydrogens is 268 g/mol. The highest BCUT2D eigenvalue weighted by Gasteiger charge is 2.08. The highest BCUT2D eigenvalue weighted by molar-refractivity contribution is 5.93. The molecule has 2 aromatic rings. The lowest BCUT2D eigenvalue weighted by molar-refractivity contribution is 0.0600. The summed E-state index contributed by atoms with van der Waals surface area (Å²) in [5, 5.41) is 4.13. The van der Waals surface area contributed by atoms with E-state index in [4.69, 9.17) is 9.47 Å². The number of methoxy groups -OCH3 is 2. The van der Waals surface area contributed by atoms with Crippen molar-refractivity contribution in [3.63, 3.8) is 0 Å². The minimum Gasteiger partial charge on any atom is -0.497 e. The van der Waals surface area contributed by atoms with E-state index in [2.05, 4.69) is 10.5 Å². The summed E-state index contributed by atoms with van der Waals surface area (Å²) in [6.07, 6.45) is 1.61. The number of carbonyl (C=O) groups excluding carboxylic acids is 1. The average Bonchev–Trinajstić information content (AvgIpc) is 2.54. The molecule has 0 radical (unpaired) electrons. The number of anilines is 1. The van der Waals surface area contributed by atoms with Crippen LogP contribution in [0.15, 0.2) is 53.6 Å². The Morgan fingerprint density at radius 2 is 1.90 bits per heavy atom. The highest BCUT2D eigenvalue weighted by Crippen LogP contribution is 2.17. The maximum absolute atomic E-state index is 11.6. The first-order valence-electron chi connectivity index (χ1n) is 6.34. The lowest BCUT2D eigenvalue weighted by Gasteiger charge is -2.05. The SMILES string of the molecule is COC(=O)c1cc(C=NNc2ccccc2)cc(OC)c1. The number of hydrogen-bond acceptors (Lipinski definition) is 5. The Labute approximate surface area is 123 Å². The molecule has 0 amide bonds. The summed E-state index contributed by atoms with van der Waals surface area (Å²) in [5.41, 5.74) is 4.93. The van der Waals surface area contributed by atoms with Gasteiger partial charge in [-0.3, -0.25) is 5.43 Å². The van der Waals surface area contributed by atoms with Crippen LogP contribution in [0, 0.1) is 0 Å². The van der Waals surface area contributed by atoms with Crippen molar-refractivity contribution in [1.29, 1.82) is 0 Å². The second-order valence-corrected chi connectivity index (χ2v) is 4.22. The van der Waals surface area contributed by atoms with Crippen molar-refractivity contribution < 1.29 is 14.3 Å². The summed E-state index contributed by atoms with van der Waals surface area (Å²) in [4.78, 5) is 11.6. The third kappa shape index (κ3) is 4.07. The minimum atomic E-state index is -0.417. The van der Waals surface area contributed by atoms with Crippen LogP contribution in [-0.4, -0.2) is 26.4 Å². The number of hydrazone groups is 1. The monoisotopic (exact) mass is 284 g/mol. The second-order valence-electron chi connectivity index (χ2n) is 4.22. The molecule has 0 saturated heterocycles. The molecule has 0 unspecified atom stereocenters. The first-order valence-corrected chi connectivity index (χ1v) is 6.34. The number of carbonyl (C=O) groups is 1. The predicted octanol–water partition coefficient (Wildman–Crippen LogP) is 2.93. The molecule has 2 aromatic carbocycles. The van der Waals surface area contributed by atoms with E-state index in [1.807, 2.05) is 30.3 Å². The molecule has 5 nitrogen and oxygen atoms in total. The van der Waals surface area contributed by atoms with E-state index in [1.54, 1.807) is 31.5 Å². The first kappa shape index (κ1) is 14.6. The molecule has 108 valence electrons. The van der Waals surface area contributed by atoms with Gasteiger partial charge < -0.3 is 9.47 Å². The van der Waals surface area contributed by atoms with Gasteiger partial charge in [0.05, 0.1) is 31.7 Å². The number of nitrogens with zero attached hydrogens (tertiary/aromatic N) is 1. The minimum absolute atomic E-state index is 0.415. The number of para-hydroxylation sites is 1. The molecule has 0 aromatic heterocycles. The maximum atomic E-state index is 11.6. The number of hydrogen-bond donors (Lipinski definition) is 1. The first-order chi connectivity index (χ1) is 10.2. The molecule has 1 N–H and O–H groups in total. The molecule has 0 spiro atoms. The van der Waals surface area contributed by atoms with Gasteiger partial charge in [-0.15, -0.1) is 0 Å². The summed E-state index contributed by atoms with van der Waals surface area (Å²) >= 11 is 0. The van der Waals surface area contributed by atoms with Crippen LogP contribution in [0.4, 0.5) is 5.69 Å². The Hall–Kier alpha value is -2.82. The zero-order chi connectivity index (χ0) is 15.1. The van der Waals surface area contributed by atoms with Crippen molar-refractivity contribution in [2.75, 3.05) is 19.6 Å². The highest BCUT2D eigenvalue weighted by atomic mass is 16.5. The van der Waals surface area contributed by atoms with Crippen molar-refractivity contribution in [3.8, 4) is 5.75 Å². The zero-order valence-electron chi connectivity index (χ0n) is 11.9. The van der Waals surface area contributed by atoms with E-state index in [-0.39, 0.29) is 0 Å². The standard InChI is InChI=1S/C16H16N2O3/c1-20-15-9-12(8-13(10-15)16(19)21-2)11-17-18-14-6-4-3-5-7-14/h3-11,18H,1-2H3. The van der Waals surface area contributed by atoms with E-state index in [0.717, 1.165) is 11.3 Å². The number of esters is 1. The molecule has 0 fully saturated rings. The molecule has 0 aliphatic heterocycles. The van der Waals surface area contributed by atoms with E-state index >= 15 is 0 Å². The van der Waals surface area contributed by atoms with Crippen LogP contribution < -0.4 is 10.2 Å². The fourth-order valence-electron chi connectivity index (χ4n) is 1.74. The fraction of sp³-hybridized carbons (Fsp3) is 0.125. The normalized spacial score (nSPS) is 10.4. The summed E-state index contributed by atoms with van der Waals surface area (Å²) in [5.74, 6) is 0.152. The molecule has 0 atom stereocenters. The third-order valence-corrected chi connectivity index (χ3v) is 2.77. The maximum Gasteiger partial charge on any atom is 0.338 e. The Morgan fingerprint density at radius 1 is 1.14 bits per heavy atom. The van der Waals surface area contributed by atoms with E-state index in [9.17, 15) is 4.79 Å². The molecule has 0 heterocycles. The molecule has 5 heteroatoms. The lowest BCUT2D eigenvalue weighted by Crippen LogP contribution is -2.03. The van der Waals surface area contributed by atoms with E-state index < -0.39 is 5.97 Å². The topological polar surface area (TPSA) is 59.9 Å². The van der Waals surface area contributed by atoms with Crippen LogP contribution in [0.5, 0.6) is 5.75 Å². The van der Waals surface area contributed by atoms with Crippen molar-refractivity contribution in [3.05, 3.63) is 59.7 Å². The van der Waals surface area contributed by atoms with Gasteiger partial charge in [0.25, 0.3) is 0 Å². The molecule has 0 aliphatic rings. The van der Waals surface area contributed by atoms with Crippen molar-refractivity contribution >= 4 is 17.9 Å². The van der Waals surface area contributed by atoms with Gasteiger partial charge >= 0.3 is 5.97 Å². The van der Waals surface area contributed by atoms with Gasteiger partial charge in [-0.25, -0.2) is 4.79 Å². The predicted molar refractivity (Wildman–Crippen MR) is 82.0 cm³/mol. The Morgan fingerprint density at radius 3 is 2.57 bits per heavy atom. The largest absolute Gasteiger partial charge is 0.497 e. The van der Waals surface area contributed by atoms with Crippen LogP contribution in [0.1, 0.15) is 15.9 Å². The van der Waals surface area contributed by atoms with Crippen LogP contribution in [0.3, 0.4) is 0 Å². The third-order valence-electron chi connectivity index (χ3n) is 2.77. The summed E-state index contributed by atoms with van der Waals surface area (Å²) in [6.45, 7) is 0. The summed E-state index contributed by atoms with van der Waals surface area (Å²) < 4.78 is 9.87. The van der Waals surface area contributed by atoms with Gasteiger partial charge in [-0.05, 0) is 35.9 Å². The molecule has 21 heavy (non-hydrogen) atoms. The van der Waals surface area contributed by atoms with E-state index in [1.165, 1.54) is 7.11 Å². The van der Waals surface area contributed by atoms with Crippen molar-refractivity contribution in [1.82, 2.24) is 0 Å². The zero-order valence-corrected chi connectivity index (χ0v) is 11.9. The second kappa shape index (κ2) is 7.09. The van der Waals surface area contributed by atoms with Gasteiger partial charge in [0.15, 0.2) is 0 Å². The molecule has 0 aliphatic carbocycles. The smallest absolute Gasteiger partial charge is 0.338 e. The quantitative estimate of drug-likeness (QED) is 0.521. The van der Waals surface area contributed by atoms with Crippen LogP contribution >= 0.6 is 0 Å². The van der Waals surface area contributed by atoms with Gasteiger partial charge in [0.1, 0.15) is 5.75 Å². The van der Waals surface area contributed by atoms with Crippen molar-refractivity contribution in [2.24, 2.45) is 5.10 Å². The van der Waals surface area contributed by atoms with Crippen LogP contribution in [-0.2, 0) is 4.74 Å². The molecule has 0 saturated carbocycles.